The molecule has 2 atom stereocenters. The maximum atomic E-state index is 6.37. The van der Waals surface area contributed by atoms with E-state index in [4.69, 9.17) is 26.8 Å². The smallest absolute Gasteiger partial charge is 0.186 e. The van der Waals surface area contributed by atoms with Gasteiger partial charge >= 0.3 is 0 Å². The van der Waals surface area contributed by atoms with Gasteiger partial charge in [0, 0.05) is 18.1 Å². The van der Waals surface area contributed by atoms with Crippen LogP contribution < -0.4 is 15.4 Å². The fraction of sp³-hybridized carbons (Fsp3) is 0.526. The Morgan fingerprint density at radius 3 is 2.73 bits per heavy atom. The molecule has 6 nitrogen and oxygen atoms in total. The molecule has 0 radical (unpaired) electrons. The molecule has 4 aliphatic heterocycles. The summed E-state index contributed by atoms with van der Waals surface area (Å²) in [6.45, 7) is 4.12. The summed E-state index contributed by atoms with van der Waals surface area (Å²) in [6.07, 6.45) is 3.77. The van der Waals surface area contributed by atoms with E-state index in [1.54, 1.807) is 7.11 Å². The molecular weight excluding hydrogens is 352 g/mol. The molecule has 0 saturated carbocycles. The van der Waals surface area contributed by atoms with Crippen molar-refractivity contribution >= 4 is 28.2 Å². The normalized spacial score (nSPS) is 33.3. The molecule has 2 unspecified atom stereocenters. The summed E-state index contributed by atoms with van der Waals surface area (Å²) >= 11 is 6.29. The minimum Gasteiger partial charge on any atom is -0.495 e. The third-order valence-electron chi connectivity index (χ3n) is 6.20. The Hall–Kier alpha value is -1.60. The van der Waals surface area contributed by atoms with Crippen molar-refractivity contribution in [1.29, 1.82) is 0 Å². The molecule has 4 saturated heterocycles. The number of hydrogen-bond acceptors (Lipinski definition) is 6. The number of nitrogens with two attached hydrogens (primary N) is 1. The van der Waals surface area contributed by atoms with Crippen molar-refractivity contribution in [3.63, 3.8) is 0 Å². The van der Waals surface area contributed by atoms with Gasteiger partial charge in [-0.15, -0.1) is 0 Å². The number of methoxy groups -OCH3 is 1. The molecular formula is C19H23ClN4O2. The first-order valence-corrected chi connectivity index (χ1v) is 9.51. The number of hydrogen-bond donors (Lipinski definition) is 1. The molecule has 26 heavy (non-hydrogen) atoms. The number of piperidine rings is 3. The fourth-order valence-electron chi connectivity index (χ4n) is 4.82. The maximum absolute atomic E-state index is 6.37. The van der Waals surface area contributed by atoms with E-state index >= 15 is 0 Å². The second kappa shape index (κ2) is 5.96. The first-order valence-electron chi connectivity index (χ1n) is 9.14. The van der Waals surface area contributed by atoms with E-state index in [0.717, 1.165) is 29.7 Å². The number of rotatable bonds is 2. The van der Waals surface area contributed by atoms with Crippen LogP contribution in [0.3, 0.4) is 0 Å². The molecule has 4 aliphatic rings. The summed E-state index contributed by atoms with van der Waals surface area (Å²) in [5.74, 6) is 2.07. The van der Waals surface area contributed by atoms with E-state index in [2.05, 4.69) is 14.8 Å². The van der Waals surface area contributed by atoms with Crippen LogP contribution in [-0.2, 0) is 4.74 Å². The van der Waals surface area contributed by atoms with Gasteiger partial charge in [-0.3, -0.25) is 5.73 Å². The average Bonchev–Trinajstić information content (AvgIpc) is 2.97. The fourth-order valence-corrected chi connectivity index (χ4v) is 5.06. The van der Waals surface area contributed by atoms with E-state index in [-0.39, 0.29) is 5.60 Å². The molecule has 2 N–H and O–H groups in total. The van der Waals surface area contributed by atoms with Gasteiger partial charge in [0.25, 0.3) is 0 Å². The molecule has 2 aromatic rings. The monoisotopic (exact) mass is 374 g/mol. The summed E-state index contributed by atoms with van der Waals surface area (Å²) in [5.41, 5.74) is 6.20. The van der Waals surface area contributed by atoms with Crippen LogP contribution in [0.1, 0.15) is 12.8 Å². The highest BCUT2D eigenvalue weighted by molar-refractivity contribution is 6.32. The Bertz CT molecular complexity index is 855. The molecule has 0 aliphatic carbocycles. The highest BCUT2D eigenvalue weighted by atomic mass is 35.5. The van der Waals surface area contributed by atoms with Crippen molar-refractivity contribution in [3.05, 3.63) is 29.4 Å². The van der Waals surface area contributed by atoms with Crippen LogP contribution >= 0.6 is 11.6 Å². The Labute approximate surface area is 157 Å². The van der Waals surface area contributed by atoms with Gasteiger partial charge in [0.15, 0.2) is 6.35 Å². The van der Waals surface area contributed by atoms with Gasteiger partial charge in [0.1, 0.15) is 17.2 Å². The van der Waals surface area contributed by atoms with Crippen molar-refractivity contribution in [2.45, 2.75) is 24.8 Å². The van der Waals surface area contributed by atoms with E-state index < -0.39 is 6.35 Å². The molecule has 2 bridgehead atoms. The molecule has 5 heterocycles. The van der Waals surface area contributed by atoms with Gasteiger partial charge in [0.05, 0.1) is 18.7 Å². The minimum atomic E-state index is -0.464. The molecule has 1 aromatic heterocycles. The molecule has 138 valence electrons. The summed E-state index contributed by atoms with van der Waals surface area (Å²) < 4.78 is 11.6. The van der Waals surface area contributed by atoms with E-state index in [1.807, 2.05) is 24.4 Å². The predicted octanol–water partition coefficient (Wildman–Crippen LogP) is 2.44. The van der Waals surface area contributed by atoms with E-state index in [0.29, 0.717) is 16.7 Å². The van der Waals surface area contributed by atoms with Gasteiger partial charge < -0.3 is 19.3 Å². The first-order chi connectivity index (χ1) is 12.6. The summed E-state index contributed by atoms with van der Waals surface area (Å²) in [7, 11) is 1.61. The largest absolute Gasteiger partial charge is 0.495 e. The molecule has 0 amide bonds. The zero-order chi connectivity index (χ0) is 17.9. The highest BCUT2D eigenvalue weighted by Crippen LogP contribution is 2.43. The predicted molar refractivity (Wildman–Crippen MR) is 102 cm³/mol. The standard InChI is InChI=1S/C19H23ClN4O2/c1-25-16-7-13-9-22-17(8-12(13)6-15(16)20)24-11-19(26-18(24)21)10-23-4-2-14(19)3-5-23/h6-9,14,18H,2-5,10-11,21H2,1H3. The molecule has 1 spiro atoms. The van der Waals surface area contributed by atoms with Crippen molar-refractivity contribution in [3.8, 4) is 5.75 Å². The van der Waals surface area contributed by atoms with E-state index in [9.17, 15) is 0 Å². The summed E-state index contributed by atoms with van der Waals surface area (Å²) in [6, 6.07) is 5.85. The third kappa shape index (κ3) is 2.47. The second-order valence-corrected chi connectivity index (χ2v) is 8.04. The van der Waals surface area contributed by atoms with Crippen LogP contribution in [0.15, 0.2) is 24.4 Å². The lowest BCUT2D eigenvalue weighted by atomic mass is 9.75. The average molecular weight is 375 g/mol. The zero-order valence-electron chi connectivity index (χ0n) is 14.8. The number of fused-ring (bicyclic) bond motifs is 3. The third-order valence-corrected chi connectivity index (χ3v) is 6.49. The van der Waals surface area contributed by atoms with Gasteiger partial charge in [0.2, 0.25) is 0 Å². The lowest BCUT2D eigenvalue weighted by Gasteiger charge is -2.50. The number of aromatic nitrogens is 1. The van der Waals surface area contributed by atoms with Gasteiger partial charge in [-0.1, -0.05) is 11.6 Å². The lowest BCUT2D eigenvalue weighted by Crippen LogP contribution is -2.61. The molecule has 4 fully saturated rings. The van der Waals surface area contributed by atoms with Crippen molar-refractivity contribution in [2.24, 2.45) is 11.7 Å². The van der Waals surface area contributed by atoms with Crippen molar-refractivity contribution < 1.29 is 9.47 Å². The van der Waals surface area contributed by atoms with Gasteiger partial charge in [-0.25, -0.2) is 4.98 Å². The zero-order valence-corrected chi connectivity index (χ0v) is 15.6. The number of halogens is 1. The number of benzene rings is 1. The minimum absolute atomic E-state index is 0.163. The second-order valence-electron chi connectivity index (χ2n) is 7.63. The van der Waals surface area contributed by atoms with Crippen molar-refractivity contribution in [1.82, 2.24) is 9.88 Å². The van der Waals surface area contributed by atoms with Gasteiger partial charge in [-0.2, -0.15) is 0 Å². The molecule has 7 heteroatoms. The Balaban J connectivity index is 1.48. The molecule has 1 aromatic carbocycles. The number of pyridine rings is 1. The lowest BCUT2D eigenvalue weighted by molar-refractivity contribution is -0.137. The number of nitrogens with zero attached hydrogens (tertiary/aromatic N) is 3. The van der Waals surface area contributed by atoms with E-state index in [1.165, 1.54) is 25.9 Å². The van der Waals surface area contributed by atoms with Crippen molar-refractivity contribution in [2.75, 3.05) is 38.2 Å². The van der Waals surface area contributed by atoms with Crippen LogP contribution in [0.25, 0.3) is 10.8 Å². The van der Waals surface area contributed by atoms with Crippen LogP contribution in [0, 0.1) is 5.92 Å². The first kappa shape index (κ1) is 16.6. The Morgan fingerprint density at radius 2 is 2.04 bits per heavy atom. The summed E-state index contributed by atoms with van der Waals surface area (Å²) in [4.78, 5) is 9.22. The van der Waals surface area contributed by atoms with Crippen LogP contribution in [-0.4, -0.2) is 55.1 Å². The summed E-state index contributed by atoms with van der Waals surface area (Å²) in [5, 5.41) is 2.59. The van der Waals surface area contributed by atoms with Crippen LogP contribution in [0.2, 0.25) is 5.02 Å². The Kier molecular flexibility index (Phi) is 3.79. The van der Waals surface area contributed by atoms with Crippen LogP contribution in [0.4, 0.5) is 5.82 Å². The quantitative estimate of drug-likeness (QED) is 0.871. The van der Waals surface area contributed by atoms with Crippen LogP contribution in [0.5, 0.6) is 5.75 Å². The number of anilines is 1. The molecule has 6 rings (SSSR count). The topological polar surface area (TPSA) is 63.8 Å². The SMILES string of the molecule is COc1cc2cnc(N3CC4(CN5CCC4CC5)OC3N)cc2cc1Cl. The Morgan fingerprint density at radius 1 is 1.23 bits per heavy atom. The highest BCUT2D eigenvalue weighted by Gasteiger charge is 2.54. The number of ether oxygens (including phenoxy) is 2. The maximum Gasteiger partial charge on any atom is 0.186 e. The van der Waals surface area contributed by atoms with Gasteiger partial charge in [-0.05, 0) is 55.4 Å².